The van der Waals surface area contributed by atoms with Gasteiger partial charge in [0.15, 0.2) is 0 Å². The second-order valence-corrected chi connectivity index (χ2v) is 22.7. The summed E-state index contributed by atoms with van der Waals surface area (Å²) >= 11 is 8.42. The molecule has 6 aromatic heterocycles. The van der Waals surface area contributed by atoms with E-state index in [2.05, 4.69) is 89.4 Å². The average molecular weight is 981 g/mol. The fraction of sp³-hybridized carbons (Fsp3) is 0.370. The average Bonchev–Trinajstić information content (AvgIpc) is 4.21. The highest BCUT2D eigenvalue weighted by molar-refractivity contribution is 7.99. The van der Waals surface area contributed by atoms with Crippen molar-refractivity contribution in [3.05, 3.63) is 77.2 Å². The molecule has 0 saturated heterocycles. The predicted molar refractivity (Wildman–Crippen MR) is 288 cm³/mol. The van der Waals surface area contributed by atoms with Crippen molar-refractivity contribution in [2.24, 2.45) is 0 Å². The first-order valence-electron chi connectivity index (χ1n) is 24.2. The molecule has 0 bridgehead atoms. The highest BCUT2D eigenvalue weighted by atomic mass is 32.2. The van der Waals surface area contributed by atoms with Crippen molar-refractivity contribution in [3.8, 4) is 26.3 Å². The number of carboxylic acid groups (broad SMARTS) is 1. The van der Waals surface area contributed by atoms with Gasteiger partial charge in [0.1, 0.15) is 22.7 Å². The second kappa shape index (κ2) is 20.3. The number of benzene rings is 3. The van der Waals surface area contributed by atoms with Gasteiger partial charge in [-0.15, -0.1) is 34.0 Å². The maximum absolute atomic E-state index is 11.6. The maximum Gasteiger partial charge on any atom is 0.346 e. The number of nitrogens with zero attached hydrogens (tertiary/aromatic N) is 6. The molecule has 0 saturated carbocycles. The molecule has 9 aromatic rings. The monoisotopic (exact) mass is 980 g/mol. The number of para-hydroxylation sites is 1. The van der Waals surface area contributed by atoms with Crippen LogP contribution < -0.4 is 4.90 Å². The van der Waals surface area contributed by atoms with Gasteiger partial charge in [0.05, 0.1) is 54.6 Å². The van der Waals surface area contributed by atoms with Gasteiger partial charge in [-0.25, -0.2) is 4.79 Å². The molecule has 0 amide bonds. The topological polar surface area (TPSA) is 100.0 Å². The number of carboxylic acids is 1. The summed E-state index contributed by atoms with van der Waals surface area (Å²) < 4.78 is 18.0. The molecule has 7 heterocycles. The van der Waals surface area contributed by atoms with Gasteiger partial charge >= 0.3 is 5.97 Å². The van der Waals surface area contributed by atoms with Gasteiger partial charge in [-0.3, -0.25) is 0 Å². The van der Waals surface area contributed by atoms with E-state index in [0.717, 1.165) is 58.1 Å². The summed E-state index contributed by atoms with van der Waals surface area (Å²) in [4.78, 5) is 21.1. The number of carbonyl (C=O) groups is 1. The zero-order chi connectivity index (χ0) is 46.0. The van der Waals surface area contributed by atoms with Gasteiger partial charge in [0.25, 0.3) is 0 Å². The third-order valence-electron chi connectivity index (χ3n) is 13.3. The van der Waals surface area contributed by atoms with Crippen LogP contribution in [0.2, 0.25) is 0 Å². The van der Waals surface area contributed by atoms with Crippen LogP contribution in [0.5, 0.6) is 0 Å². The zero-order valence-electron chi connectivity index (χ0n) is 38.5. The SMILES string of the molecule is CCCCCCCCN1c2ccccc2Sc2cc(-c3cc4c(s3)c3c5nsnc5c5c6sc(-c7ccc(/C=C(/C#N)C(=O)O)s7)cc6n(CCCCCC)c5c3n4CCCCCC)ccc21. The molecule has 0 atom stereocenters. The molecule has 1 aliphatic heterocycles. The van der Waals surface area contributed by atoms with E-state index in [1.54, 1.807) is 11.3 Å². The minimum atomic E-state index is -1.21. The van der Waals surface area contributed by atoms with E-state index < -0.39 is 5.97 Å². The Balaban J connectivity index is 1.11. The highest BCUT2D eigenvalue weighted by Gasteiger charge is 2.29. The Hall–Kier alpha value is -4.97. The van der Waals surface area contributed by atoms with Crippen molar-refractivity contribution in [1.29, 1.82) is 5.26 Å². The van der Waals surface area contributed by atoms with Crippen LogP contribution in [-0.4, -0.2) is 35.5 Å². The van der Waals surface area contributed by atoms with E-state index >= 15 is 0 Å². The van der Waals surface area contributed by atoms with Gasteiger partial charge in [-0.2, -0.15) is 14.0 Å². The molecular formula is C54H56N6O2S5. The van der Waals surface area contributed by atoms with Crippen molar-refractivity contribution in [2.45, 2.75) is 134 Å². The smallest absolute Gasteiger partial charge is 0.346 e. The number of nitriles is 1. The van der Waals surface area contributed by atoms with Crippen molar-refractivity contribution < 1.29 is 9.90 Å². The van der Waals surface area contributed by atoms with Gasteiger partial charge in [0.2, 0.25) is 0 Å². The fourth-order valence-electron chi connectivity index (χ4n) is 9.94. The molecule has 0 unspecified atom stereocenters. The Morgan fingerprint density at radius 2 is 1.22 bits per heavy atom. The predicted octanol–water partition coefficient (Wildman–Crippen LogP) is 17.5. The molecule has 13 heteroatoms. The lowest BCUT2D eigenvalue weighted by atomic mass is 10.1. The number of aryl methyl sites for hydroxylation is 2. The van der Waals surface area contributed by atoms with Crippen LogP contribution in [0.1, 0.15) is 116 Å². The normalized spacial score (nSPS) is 12.9. The summed E-state index contributed by atoms with van der Waals surface area (Å²) in [6.07, 6.45) is 18.5. The van der Waals surface area contributed by atoms with Crippen molar-refractivity contribution in [3.63, 3.8) is 0 Å². The molecule has 0 fully saturated rings. The Kier molecular flexibility index (Phi) is 13.9. The first-order chi connectivity index (χ1) is 32.9. The van der Waals surface area contributed by atoms with Crippen molar-refractivity contribution in [1.82, 2.24) is 17.9 Å². The number of aromatic nitrogens is 4. The number of fused-ring (bicyclic) bond motifs is 12. The quantitative estimate of drug-likeness (QED) is 0.0435. The number of anilines is 2. The zero-order valence-corrected chi connectivity index (χ0v) is 42.6. The third kappa shape index (κ3) is 8.74. The highest BCUT2D eigenvalue weighted by Crippen LogP contribution is 2.53. The molecule has 8 nitrogen and oxygen atoms in total. The summed E-state index contributed by atoms with van der Waals surface area (Å²) in [7, 11) is 0. The number of hydrogen-bond acceptors (Lipinski definition) is 10. The van der Waals surface area contributed by atoms with Crippen molar-refractivity contribution >= 4 is 134 Å². The van der Waals surface area contributed by atoms with Gasteiger partial charge < -0.3 is 19.1 Å². The number of thiophene rings is 3. The van der Waals surface area contributed by atoms with E-state index in [9.17, 15) is 15.2 Å². The maximum atomic E-state index is 11.6. The minimum Gasteiger partial charge on any atom is -0.477 e. The summed E-state index contributed by atoms with van der Waals surface area (Å²) in [6, 6.07) is 26.7. The van der Waals surface area contributed by atoms with E-state index in [4.69, 9.17) is 8.75 Å². The molecule has 67 heavy (non-hydrogen) atoms. The Morgan fingerprint density at radius 3 is 1.88 bits per heavy atom. The molecule has 0 spiro atoms. The Morgan fingerprint density at radius 1 is 0.642 bits per heavy atom. The van der Waals surface area contributed by atoms with E-state index in [0.29, 0.717) is 0 Å². The minimum absolute atomic E-state index is 0.264. The molecule has 0 radical (unpaired) electrons. The second-order valence-electron chi connectivity index (χ2n) is 17.8. The standard InChI is InChI=1S/C54H56N6O2S5/c1-4-7-10-13-14-19-26-58-37-20-15-16-21-41(37)64-44-30-34(22-24-38(44)58)43-31-39-52(65-43)46-48-49(57-67-56-48)47-51(50(46)59(39)27-17-11-8-5-2)60(28-18-12-9-6-3)40-32-45(66-53(40)47)42-25-23-36(63-42)29-35(33-55)54(61)62/h15-16,20-25,29-32H,4-14,17-19,26-28H2,1-3H3,(H,61,62)/b35-29-. The van der Waals surface area contributed by atoms with Crippen molar-refractivity contribution in [2.75, 3.05) is 11.4 Å². The van der Waals surface area contributed by atoms with Crippen LogP contribution >= 0.6 is 57.5 Å². The van der Waals surface area contributed by atoms with E-state index in [1.807, 2.05) is 41.3 Å². The molecule has 1 aliphatic rings. The van der Waals surface area contributed by atoms with Gasteiger partial charge in [-0.1, -0.05) is 121 Å². The summed E-state index contributed by atoms with van der Waals surface area (Å²) in [5, 5.41) is 21.4. The Bertz CT molecular complexity index is 3330. The Labute approximate surface area is 412 Å². The number of rotatable bonds is 21. The first-order valence-corrected chi connectivity index (χ1v) is 28.2. The van der Waals surface area contributed by atoms with Crippen LogP contribution in [0.4, 0.5) is 11.4 Å². The molecule has 3 aromatic carbocycles. The molecule has 0 aliphatic carbocycles. The lowest BCUT2D eigenvalue weighted by molar-refractivity contribution is -0.132. The van der Waals surface area contributed by atoms with E-state index in [1.165, 1.54) is 180 Å². The number of aliphatic carboxylic acids is 1. The molecular weight excluding hydrogens is 925 g/mol. The first kappa shape index (κ1) is 45.8. The van der Waals surface area contributed by atoms with E-state index in [-0.39, 0.29) is 5.57 Å². The summed E-state index contributed by atoms with van der Waals surface area (Å²) in [5.41, 5.74) is 10.6. The lowest BCUT2D eigenvalue weighted by Gasteiger charge is -2.33. The summed E-state index contributed by atoms with van der Waals surface area (Å²) in [6.45, 7) is 9.71. The number of hydrogen-bond donors (Lipinski definition) is 1. The van der Waals surface area contributed by atoms with Crippen LogP contribution in [0, 0.1) is 11.3 Å². The van der Waals surface area contributed by atoms with Crippen LogP contribution in [0.25, 0.3) is 79.5 Å². The van der Waals surface area contributed by atoms with Crippen LogP contribution in [-0.2, 0) is 17.9 Å². The fourth-order valence-corrected chi connectivity index (χ4v) is 15.1. The third-order valence-corrected chi connectivity index (χ3v) is 18.5. The van der Waals surface area contributed by atoms with Gasteiger partial charge in [-0.05, 0) is 79.4 Å². The van der Waals surface area contributed by atoms with Crippen LogP contribution in [0.3, 0.4) is 0 Å². The molecule has 344 valence electrons. The lowest BCUT2D eigenvalue weighted by Crippen LogP contribution is -2.21. The molecule has 10 rings (SSSR count). The summed E-state index contributed by atoms with van der Waals surface area (Å²) in [5.74, 6) is -1.21. The number of unbranched alkanes of at least 4 members (excludes halogenated alkanes) is 11. The van der Waals surface area contributed by atoms with Gasteiger partial charge in [0, 0.05) is 59.7 Å². The molecule has 1 N–H and O–H groups in total. The van der Waals surface area contributed by atoms with Crippen LogP contribution in [0.15, 0.2) is 82.1 Å². The largest absolute Gasteiger partial charge is 0.477 e.